The molecule has 0 aromatic heterocycles. The Bertz CT molecular complexity index is 837. The standard InChI is InChI=1S/C21H24ClN3O3/c1-15(26)23-19(16-6-2-3-7-17(16)22)14-21(27)24-18-8-4-5-9-20(18)25-10-12-28-13-11-25/h2-9,19H,10-14H2,1H3,(H,23,26)(H,24,27)/t19-/m1/s1. The van der Waals surface area contributed by atoms with Gasteiger partial charge in [0, 0.05) is 25.0 Å². The second kappa shape index (κ2) is 9.57. The minimum absolute atomic E-state index is 0.0841. The van der Waals surface area contributed by atoms with Crippen molar-refractivity contribution in [3.63, 3.8) is 0 Å². The summed E-state index contributed by atoms with van der Waals surface area (Å²) in [6.07, 6.45) is 0.0841. The summed E-state index contributed by atoms with van der Waals surface area (Å²) in [5.41, 5.74) is 2.43. The van der Waals surface area contributed by atoms with E-state index in [-0.39, 0.29) is 18.2 Å². The van der Waals surface area contributed by atoms with Crippen molar-refractivity contribution in [2.75, 3.05) is 36.5 Å². The molecule has 0 radical (unpaired) electrons. The number of nitrogens with one attached hydrogen (secondary N) is 2. The van der Waals surface area contributed by atoms with E-state index in [1.54, 1.807) is 6.07 Å². The smallest absolute Gasteiger partial charge is 0.226 e. The van der Waals surface area contributed by atoms with Crippen LogP contribution in [-0.2, 0) is 14.3 Å². The summed E-state index contributed by atoms with van der Waals surface area (Å²) in [4.78, 5) is 26.6. The fraction of sp³-hybridized carbons (Fsp3) is 0.333. The van der Waals surface area contributed by atoms with E-state index in [0.717, 1.165) is 30.0 Å². The number of rotatable bonds is 6. The van der Waals surface area contributed by atoms with Crippen LogP contribution in [0.1, 0.15) is 24.9 Å². The van der Waals surface area contributed by atoms with E-state index in [1.807, 2.05) is 42.5 Å². The van der Waals surface area contributed by atoms with Crippen LogP contribution in [0.2, 0.25) is 5.02 Å². The Labute approximate surface area is 169 Å². The van der Waals surface area contributed by atoms with Crippen LogP contribution in [0.3, 0.4) is 0 Å². The summed E-state index contributed by atoms with van der Waals surface area (Å²) < 4.78 is 5.41. The lowest BCUT2D eigenvalue weighted by Crippen LogP contribution is -2.37. The second-order valence-corrected chi connectivity index (χ2v) is 7.05. The highest BCUT2D eigenvalue weighted by molar-refractivity contribution is 6.31. The van der Waals surface area contributed by atoms with Crippen molar-refractivity contribution in [2.45, 2.75) is 19.4 Å². The van der Waals surface area contributed by atoms with Crippen molar-refractivity contribution in [3.05, 3.63) is 59.1 Å². The molecule has 2 aromatic rings. The highest BCUT2D eigenvalue weighted by atomic mass is 35.5. The first kappa shape index (κ1) is 20.2. The van der Waals surface area contributed by atoms with Crippen LogP contribution in [0.25, 0.3) is 0 Å². The Morgan fingerprint density at radius 3 is 2.50 bits per heavy atom. The lowest BCUT2D eigenvalue weighted by atomic mass is 10.0. The normalized spacial score (nSPS) is 15.0. The summed E-state index contributed by atoms with van der Waals surface area (Å²) in [7, 11) is 0. The number of hydrogen-bond donors (Lipinski definition) is 2. The predicted octanol–water partition coefficient (Wildman–Crippen LogP) is 3.38. The molecule has 0 spiro atoms. The first-order valence-corrected chi connectivity index (χ1v) is 9.65. The molecule has 0 unspecified atom stereocenters. The van der Waals surface area contributed by atoms with Gasteiger partial charge >= 0.3 is 0 Å². The highest BCUT2D eigenvalue weighted by Crippen LogP contribution is 2.29. The van der Waals surface area contributed by atoms with Crippen LogP contribution >= 0.6 is 11.6 Å². The average molecular weight is 402 g/mol. The number of morpholine rings is 1. The van der Waals surface area contributed by atoms with Gasteiger partial charge in [-0.3, -0.25) is 9.59 Å². The Morgan fingerprint density at radius 1 is 1.11 bits per heavy atom. The molecule has 0 bridgehead atoms. The van der Waals surface area contributed by atoms with Crippen molar-refractivity contribution in [1.29, 1.82) is 0 Å². The van der Waals surface area contributed by atoms with E-state index < -0.39 is 6.04 Å². The van der Waals surface area contributed by atoms with Gasteiger partial charge in [-0.25, -0.2) is 0 Å². The third-order valence-corrected chi connectivity index (χ3v) is 4.92. The molecule has 6 nitrogen and oxygen atoms in total. The van der Waals surface area contributed by atoms with Gasteiger partial charge in [-0.15, -0.1) is 0 Å². The second-order valence-electron chi connectivity index (χ2n) is 6.64. The molecule has 3 rings (SSSR count). The van der Waals surface area contributed by atoms with Crippen LogP contribution in [0, 0.1) is 0 Å². The van der Waals surface area contributed by atoms with Gasteiger partial charge in [0.25, 0.3) is 0 Å². The minimum atomic E-state index is -0.498. The van der Waals surface area contributed by atoms with E-state index in [2.05, 4.69) is 15.5 Å². The Balaban J connectivity index is 1.75. The molecule has 2 aromatic carbocycles. The van der Waals surface area contributed by atoms with Crippen LogP contribution in [0.15, 0.2) is 48.5 Å². The zero-order chi connectivity index (χ0) is 19.9. The van der Waals surface area contributed by atoms with Gasteiger partial charge < -0.3 is 20.3 Å². The zero-order valence-corrected chi connectivity index (χ0v) is 16.5. The maximum absolute atomic E-state index is 12.8. The van der Waals surface area contributed by atoms with Gasteiger partial charge in [0.05, 0.1) is 37.1 Å². The molecule has 28 heavy (non-hydrogen) atoms. The molecule has 1 aliphatic heterocycles. The quantitative estimate of drug-likeness (QED) is 0.778. The van der Waals surface area contributed by atoms with Crippen LogP contribution in [-0.4, -0.2) is 38.1 Å². The zero-order valence-electron chi connectivity index (χ0n) is 15.8. The molecule has 1 saturated heterocycles. The van der Waals surface area contributed by atoms with Crippen LogP contribution in [0.5, 0.6) is 0 Å². The average Bonchev–Trinajstić information content (AvgIpc) is 2.68. The SMILES string of the molecule is CC(=O)N[C@H](CC(=O)Nc1ccccc1N1CCOCC1)c1ccccc1Cl. The Kier molecular flexibility index (Phi) is 6.90. The molecule has 1 aliphatic rings. The van der Waals surface area contributed by atoms with E-state index >= 15 is 0 Å². The first-order valence-electron chi connectivity index (χ1n) is 9.27. The summed E-state index contributed by atoms with van der Waals surface area (Å²) in [5.74, 6) is -0.411. The summed E-state index contributed by atoms with van der Waals surface area (Å²) in [6, 6.07) is 14.4. The first-order chi connectivity index (χ1) is 13.5. The van der Waals surface area contributed by atoms with E-state index in [1.165, 1.54) is 6.92 Å². The van der Waals surface area contributed by atoms with E-state index in [9.17, 15) is 9.59 Å². The summed E-state index contributed by atoms with van der Waals surface area (Å²) in [6.45, 7) is 4.32. The summed E-state index contributed by atoms with van der Waals surface area (Å²) >= 11 is 6.27. The molecule has 1 fully saturated rings. The topological polar surface area (TPSA) is 70.7 Å². The molecule has 1 heterocycles. The molecule has 0 saturated carbocycles. The molecule has 0 aliphatic carbocycles. The Hall–Kier alpha value is -2.57. The van der Waals surface area contributed by atoms with Gasteiger partial charge in [-0.1, -0.05) is 41.9 Å². The molecule has 2 N–H and O–H groups in total. The monoisotopic (exact) mass is 401 g/mol. The Morgan fingerprint density at radius 2 is 1.79 bits per heavy atom. The number of nitrogens with zero attached hydrogens (tertiary/aromatic N) is 1. The number of benzene rings is 2. The summed E-state index contributed by atoms with van der Waals surface area (Å²) in [5, 5.41) is 6.32. The lowest BCUT2D eigenvalue weighted by Gasteiger charge is -2.30. The lowest BCUT2D eigenvalue weighted by molar-refractivity contribution is -0.120. The van der Waals surface area contributed by atoms with Crippen LogP contribution < -0.4 is 15.5 Å². The van der Waals surface area contributed by atoms with Crippen molar-refractivity contribution >= 4 is 34.8 Å². The third kappa shape index (κ3) is 5.24. The molecule has 2 amide bonds. The fourth-order valence-electron chi connectivity index (χ4n) is 3.29. The fourth-order valence-corrected chi connectivity index (χ4v) is 3.56. The van der Waals surface area contributed by atoms with Gasteiger partial charge in [-0.2, -0.15) is 0 Å². The third-order valence-electron chi connectivity index (χ3n) is 4.58. The maximum atomic E-state index is 12.8. The number of ether oxygens (including phenoxy) is 1. The maximum Gasteiger partial charge on any atom is 0.226 e. The van der Waals surface area contributed by atoms with Gasteiger partial charge in [-0.05, 0) is 23.8 Å². The number of hydrogen-bond acceptors (Lipinski definition) is 4. The van der Waals surface area contributed by atoms with Crippen LogP contribution in [0.4, 0.5) is 11.4 Å². The molecule has 148 valence electrons. The highest BCUT2D eigenvalue weighted by Gasteiger charge is 2.21. The number of anilines is 2. The van der Waals surface area contributed by atoms with Gasteiger partial charge in [0.1, 0.15) is 0 Å². The van der Waals surface area contributed by atoms with E-state index in [4.69, 9.17) is 16.3 Å². The largest absolute Gasteiger partial charge is 0.378 e. The number of amides is 2. The van der Waals surface area contributed by atoms with Gasteiger partial charge in [0.2, 0.25) is 11.8 Å². The number of para-hydroxylation sites is 2. The van der Waals surface area contributed by atoms with Crippen molar-refractivity contribution in [1.82, 2.24) is 5.32 Å². The van der Waals surface area contributed by atoms with Gasteiger partial charge in [0.15, 0.2) is 0 Å². The van der Waals surface area contributed by atoms with Crippen molar-refractivity contribution in [2.24, 2.45) is 0 Å². The van der Waals surface area contributed by atoms with Crippen molar-refractivity contribution in [3.8, 4) is 0 Å². The molecular weight excluding hydrogens is 378 g/mol. The number of carbonyl (C=O) groups excluding carboxylic acids is 2. The number of carbonyl (C=O) groups is 2. The van der Waals surface area contributed by atoms with Crippen molar-refractivity contribution < 1.29 is 14.3 Å². The minimum Gasteiger partial charge on any atom is -0.378 e. The molecular formula is C21H24ClN3O3. The number of halogens is 1. The van der Waals surface area contributed by atoms with E-state index in [0.29, 0.717) is 18.2 Å². The predicted molar refractivity (Wildman–Crippen MR) is 111 cm³/mol. The molecule has 7 heteroatoms. The molecule has 1 atom stereocenters.